The lowest BCUT2D eigenvalue weighted by molar-refractivity contribution is -0.134. The summed E-state index contributed by atoms with van der Waals surface area (Å²) in [6.07, 6.45) is 8.92. The summed E-state index contributed by atoms with van der Waals surface area (Å²) in [7, 11) is 0. The zero-order valence-corrected chi connectivity index (χ0v) is 18.0. The molecule has 2 heterocycles. The number of piperazine rings is 1. The van der Waals surface area contributed by atoms with Gasteiger partial charge in [-0.05, 0) is 62.8 Å². The molecule has 5 heteroatoms. The average Bonchev–Trinajstić information content (AvgIpc) is 2.70. The second-order valence-corrected chi connectivity index (χ2v) is 9.36. The smallest absolute Gasteiger partial charge is 0.223 e. The SMILES string of the molecule is CC1=CC(CC#N)C(C(C)C)CC1CC(=O)N1CCN(C2CCCCN2)CC1. The first-order valence-electron chi connectivity index (χ1n) is 11.3. The second kappa shape index (κ2) is 9.89. The van der Waals surface area contributed by atoms with Gasteiger partial charge in [0.15, 0.2) is 0 Å². The molecule has 3 aliphatic rings. The number of nitriles is 1. The van der Waals surface area contributed by atoms with Gasteiger partial charge in [0.1, 0.15) is 0 Å². The molecule has 1 N–H and O–H groups in total. The highest BCUT2D eigenvalue weighted by atomic mass is 16.2. The molecule has 4 atom stereocenters. The van der Waals surface area contributed by atoms with Gasteiger partial charge < -0.3 is 10.2 Å². The van der Waals surface area contributed by atoms with E-state index in [0.29, 0.717) is 48.6 Å². The first-order valence-corrected chi connectivity index (χ1v) is 11.3. The summed E-state index contributed by atoms with van der Waals surface area (Å²) in [6, 6.07) is 2.35. The molecule has 1 amide bonds. The molecule has 2 fully saturated rings. The zero-order chi connectivity index (χ0) is 20.1. The van der Waals surface area contributed by atoms with E-state index in [-0.39, 0.29) is 0 Å². The Morgan fingerprint density at radius 1 is 1.29 bits per heavy atom. The lowest BCUT2D eigenvalue weighted by atomic mass is 9.69. The topological polar surface area (TPSA) is 59.4 Å². The standard InChI is InChI=1S/C23H38N4O/c1-17(2)21-15-20(18(3)14-19(21)7-8-24)16-23(28)27-12-10-26(11-13-27)22-6-4-5-9-25-22/h14,17,19-22,25H,4-7,9-13,15-16H2,1-3H3. The number of carbonyl (C=O) groups excluding carboxylic acids is 1. The fraction of sp³-hybridized carbons (Fsp3) is 0.826. The maximum absolute atomic E-state index is 13.0. The summed E-state index contributed by atoms with van der Waals surface area (Å²) < 4.78 is 0. The molecule has 2 saturated heterocycles. The van der Waals surface area contributed by atoms with E-state index >= 15 is 0 Å². The second-order valence-electron chi connectivity index (χ2n) is 9.36. The van der Waals surface area contributed by atoms with Crippen LogP contribution in [0, 0.1) is 35.0 Å². The number of piperidine rings is 1. The van der Waals surface area contributed by atoms with E-state index in [1.165, 1.54) is 24.8 Å². The van der Waals surface area contributed by atoms with Gasteiger partial charge in [-0.15, -0.1) is 0 Å². The van der Waals surface area contributed by atoms with Crippen LogP contribution in [-0.2, 0) is 4.79 Å². The van der Waals surface area contributed by atoms with E-state index in [2.05, 4.69) is 48.0 Å². The number of hydrogen-bond acceptors (Lipinski definition) is 4. The third-order valence-electron chi connectivity index (χ3n) is 7.22. The predicted octanol–water partition coefficient (Wildman–Crippen LogP) is 3.39. The number of allylic oxidation sites excluding steroid dienone is 2. The summed E-state index contributed by atoms with van der Waals surface area (Å²) in [5, 5.41) is 12.8. The lowest BCUT2D eigenvalue weighted by Gasteiger charge is -2.42. The Labute approximate surface area is 171 Å². The monoisotopic (exact) mass is 386 g/mol. The van der Waals surface area contributed by atoms with Crippen molar-refractivity contribution in [2.45, 2.75) is 65.5 Å². The van der Waals surface area contributed by atoms with Gasteiger partial charge in [-0.1, -0.05) is 25.5 Å². The quantitative estimate of drug-likeness (QED) is 0.736. The van der Waals surface area contributed by atoms with E-state index in [0.717, 1.165) is 39.1 Å². The lowest BCUT2D eigenvalue weighted by Crippen LogP contribution is -2.57. The predicted molar refractivity (Wildman–Crippen MR) is 112 cm³/mol. The van der Waals surface area contributed by atoms with Crippen molar-refractivity contribution in [3.63, 3.8) is 0 Å². The fourth-order valence-corrected chi connectivity index (χ4v) is 5.38. The Kier molecular flexibility index (Phi) is 7.54. The minimum absolute atomic E-state index is 0.315. The molecule has 0 aromatic rings. The van der Waals surface area contributed by atoms with Gasteiger partial charge in [0.05, 0.1) is 12.2 Å². The molecule has 0 saturated carbocycles. The van der Waals surface area contributed by atoms with Gasteiger partial charge in [0.2, 0.25) is 5.91 Å². The van der Waals surface area contributed by atoms with Crippen LogP contribution in [0.15, 0.2) is 11.6 Å². The molecule has 0 bridgehead atoms. The fourth-order valence-electron chi connectivity index (χ4n) is 5.38. The summed E-state index contributed by atoms with van der Waals surface area (Å²) in [4.78, 5) is 17.6. The Balaban J connectivity index is 1.53. The minimum atomic E-state index is 0.315. The molecule has 0 aromatic carbocycles. The van der Waals surface area contributed by atoms with Crippen molar-refractivity contribution in [1.82, 2.24) is 15.1 Å². The summed E-state index contributed by atoms with van der Waals surface area (Å²) in [6.45, 7) is 11.5. The first kappa shape index (κ1) is 21.3. The van der Waals surface area contributed by atoms with Gasteiger partial charge in [-0.25, -0.2) is 0 Å². The van der Waals surface area contributed by atoms with E-state index in [1.54, 1.807) is 0 Å². The van der Waals surface area contributed by atoms with Crippen LogP contribution < -0.4 is 5.32 Å². The molecule has 0 spiro atoms. The number of rotatable bonds is 5. The van der Waals surface area contributed by atoms with Crippen LogP contribution in [0.1, 0.15) is 59.3 Å². The molecule has 1 aliphatic carbocycles. The van der Waals surface area contributed by atoms with E-state index in [9.17, 15) is 4.79 Å². The summed E-state index contributed by atoms with van der Waals surface area (Å²) >= 11 is 0. The van der Waals surface area contributed by atoms with Crippen molar-refractivity contribution in [3.05, 3.63) is 11.6 Å². The number of hydrogen-bond donors (Lipinski definition) is 1. The van der Waals surface area contributed by atoms with Gasteiger partial charge in [-0.2, -0.15) is 5.26 Å². The van der Waals surface area contributed by atoms with Crippen LogP contribution >= 0.6 is 0 Å². The highest BCUT2D eigenvalue weighted by Crippen LogP contribution is 2.40. The average molecular weight is 387 g/mol. The summed E-state index contributed by atoms with van der Waals surface area (Å²) in [5.41, 5.74) is 1.32. The molecule has 0 aromatic heterocycles. The Bertz CT molecular complexity index is 594. The molecule has 3 rings (SSSR count). The molecule has 2 aliphatic heterocycles. The van der Waals surface area contributed by atoms with Gasteiger partial charge >= 0.3 is 0 Å². The van der Waals surface area contributed by atoms with E-state index in [1.807, 2.05) is 0 Å². The first-order chi connectivity index (χ1) is 13.5. The van der Waals surface area contributed by atoms with Crippen molar-refractivity contribution in [1.29, 1.82) is 5.26 Å². The van der Waals surface area contributed by atoms with Crippen molar-refractivity contribution in [2.75, 3.05) is 32.7 Å². The molecular formula is C23H38N4O. The largest absolute Gasteiger partial charge is 0.340 e. The Morgan fingerprint density at radius 2 is 2.04 bits per heavy atom. The van der Waals surface area contributed by atoms with Crippen molar-refractivity contribution in [2.24, 2.45) is 23.7 Å². The number of carbonyl (C=O) groups is 1. The Morgan fingerprint density at radius 3 is 2.64 bits per heavy atom. The molecule has 5 nitrogen and oxygen atoms in total. The van der Waals surface area contributed by atoms with Crippen LogP contribution in [-0.4, -0.2) is 54.6 Å². The third-order valence-corrected chi connectivity index (χ3v) is 7.22. The maximum Gasteiger partial charge on any atom is 0.223 e. The molecule has 4 unspecified atom stereocenters. The van der Waals surface area contributed by atoms with Crippen molar-refractivity contribution >= 4 is 5.91 Å². The van der Waals surface area contributed by atoms with Crippen molar-refractivity contribution < 1.29 is 4.79 Å². The van der Waals surface area contributed by atoms with Crippen LogP contribution in [0.3, 0.4) is 0 Å². The third kappa shape index (κ3) is 5.15. The number of nitrogens with one attached hydrogen (secondary N) is 1. The van der Waals surface area contributed by atoms with E-state index in [4.69, 9.17) is 5.26 Å². The van der Waals surface area contributed by atoms with E-state index < -0.39 is 0 Å². The molecular weight excluding hydrogens is 348 g/mol. The summed E-state index contributed by atoms with van der Waals surface area (Å²) in [5.74, 6) is 2.06. The van der Waals surface area contributed by atoms with Crippen molar-refractivity contribution in [3.8, 4) is 6.07 Å². The van der Waals surface area contributed by atoms with Crippen LogP contribution in [0.5, 0.6) is 0 Å². The normalized spacial score (nSPS) is 32.1. The highest BCUT2D eigenvalue weighted by molar-refractivity contribution is 5.77. The molecule has 156 valence electrons. The van der Waals surface area contributed by atoms with Gasteiger partial charge in [0.25, 0.3) is 0 Å². The maximum atomic E-state index is 13.0. The highest BCUT2D eigenvalue weighted by Gasteiger charge is 2.34. The minimum Gasteiger partial charge on any atom is -0.340 e. The Hall–Kier alpha value is -1.38. The van der Waals surface area contributed by atoms with Gasteiger partial charge in [-0.3, -0.25) is 9.69 Å². The van der Waals surface area contributed by atoms with Crippen LogP contribution in [0.25, 0.3) is 0 Å². The molecule has 28 heavy (non-hydrogen) atoms. The van der Waals surface area contributed by atoms with Crippen LogP contribution in [0.4, 0.5) is 0 Å². The number of amides is 1. The number of nitrogens with zero attached hydrogens (tertiary/aromatic N) is 3. The van der Waals surface area contributed by atoms with Gasteiger partial charge in [0, 0.05) is 39.0 Å². The zero-order valence-electron chi connectivity index (χ0n) is 18.0. The molecule has 0 radical (unpaired) electrons. The van der Waals surface area contributed by atoms with Crippen LogP contribution in [0.2, 0.25) is 0 Å².